The minimum absolute atomic E-state index is 0.118. The van der Waals surface area contributed by atoms with E-state index < -0.39 is 0 Å². The number of H-pyrrole nitrogens is 1. The van der Waals surface area contributed by atoms with E-state index in [4.69, 9.17) is 0 Å². The fourth-order valence-corrected chi connectivity index (χ4v) is 3.73. The number of hydrogen-bond donors (Lipinski definition) is 2. The molecule has 0 radical (unpaired) electrons. The largest absolute Gasteiger partial charge is 0.508 e. The Morgan fingerprint density at radius 3 is 2.91 bits per heavy atom. The average Bonchev–Trinajstić information content (AvgIpc) is 2.88. The molecule has 0 saturated heterocycles. The van der Waals surface area contributed by atoms with Crippen molar-refractivity contribution >= 4 is 10.9 Å². The molecule has 1 heterocycles. The van der Waals surface area contributed by atoms with Crippen LogP contribution in [0.25, 0.3) is 10.9 Å². The standard InChI is InChI=1S/C19H18FNO/c20-16-6-2-1-4-12(16)10-13-5-3-7-17-19(13)15-9-8-14(22)11-18(15)21-17/h1-2,4,6,8-9,11,13,21-22H,3,5,7,10H2. The third-order valence-corrected chi connectivity index (χ3v) is 4.72. The molecule has 2 aromatic carbocycles. The Hall–Kier alpha value is -2.29. The van der Waals surface area contributed by atoms with Crippen LogP contribution in [-0.2, 0) is 12.8 Å². The molecule has 2 N–H and O–H groups in total. The lowest BCUT2D eigenvalue weighted by atomic mass is 9.81. The van der Waals surface area contributed by atoms with Gasteiger partial charge in [0.25, 0.3) is 0 Å². The number of aromatic amines is 1. The average molecular weight is 295 g/mol. The molecule has 0 amide bonds. The molecular weight excluding hydrogens is 277 g/mol. The molecule has 4 rings (SSSR count). The summed E-state index contributed by atoms with van der Waals surface area (Å²) in [5.41, 5.74) is 4.32. The van der Waals surface area contributed by atoms with Crippen LogP contribution in [-0.4, -0.2) is 10.1 Å². The highest BCUT2D eigenvalue weighted by Crippen LogP contribution is 2.39. The van der Waals surface area contributed by atoms with Crippen LogP contribution >= 0.6 is 0 Å². The van der Waals surface area contributed by atoms with Gasteiger partial charge in [-0.05, 0) is 60.9 Å². The lowest BCUT2D eigenvalue weighted by molar-refractivity contribution is 0.476. The molecule has 3 aromatic rings. The topological polar surface area (TPSA) is 36.0 Å². The molecule has 0 saturated carbocycles. The van der Waals surface area contributed by atoms with E-state index >= 15 is 0 Å². The molecule has 0 bridgehead atoms. The number of aromatic nitrogens is 1. The van der Waals surface area contributed by atoms with Gasteiger partial charge in [-0.3, -0.25) is 0 Å². The van der Waals surface area contributed by atoms with E-state index in [1.54, 1.807) is 18.2 Å². The number of phenolic OH excluding ortho intramolecular Hbond substituents is 1. The van der Waals surface area contributed by atoms with Gasteiger partial charge in [0.1, 0.15) is 11.6 Å². The summed E-state index contributed by atoms with van der Waals surface area (Å²) < 4.78 is 14.0. The maximum Gasteiger partial charge on any atom is 0.126 e. The normalized spacial score (nSPS) is 17.6. The highest BCUT2D eigenvalue weighted by molar-refractivity contribution is 5.86. The Morgan fingerprint density at radius 2 is 2.05 bits per heavy atom. The lowest BCUT2D eigenvalue weighted by Gasteiger charge is -2.23. The molecule has 0 spiro atoms. The number of halogens is 1. The molecule has 112 valence electrons. The molecule has 0 aliphatic heterocycles. The zero-order valence-corrected chi connectivity index (χ0v) is 12.3. The summed E-state index contributed by atoms with van der Waals surface area (Å²) in [7, 11) is 0. The second kappa shape index (κ2) is 5.16. The van der Waals surface area contributed by atoms with E-state index in [0.29, 0.717) is 5.92 Å². The Balaban J connectivity index is 1.78. The zero-order valence-electron chi connectivity index (χ0n) is 12.3. The molecule has 1 unspecified atom stereocenters. The summed E-state index contributed by atoms with van der Waals surface area (Å²) in [6, 6.07) is 12.5. The number of benzene rings is 2. The molecule has 1 aliphatic rings. The number of fused-ring (bicyclic) bond motifs is 3. The van der Waals surface area contributed by atoms with Crippen LogP contribution in [0.15, 0.2) is 42.5 Å². The van der Waals surface area contributed by atoms with Crippen LogP contribution in [0.3, 0.4) is 0 Å². The van der Waals surface area contributed by atoms with E-state index in [1.807, 2.05) is 18.2 Å². The first-order chi connectivity index (χ1) is 10.7. The minimum Gasteiger partial charge on any atom is -0.508 e. The van der Waals surface area contributed by atoms with Gasteiger partial charge >= 0.3 is 0 Å². The van der Waals surface area contributed by atoms with Crippen molar-refractivity contribution in [2.24, 2.45) is 0 Å². The summed E-state index contributed by atoms with van der Waals surface area (Å²) in [5.74, 6) is 0.489. The molecule has 1 atom stereocenters. The lowest BCUT2D eigenvalue weighted by Crippen LogP contribution is -2.12. The van der Waals surface area contributed by atoms with Crippen molar-refractivity contribution in [3.63, 3.8) is 0 Å². The van der Waals surface area contributed by atoms with E-state index in [2.05, 4.69) is 4.98 Å². The van der Waals surface area contributed by atoms with Crippen LogP contribution < -0.4 is 0 Å². The van der Waals surface area contributed by atoms with Crippen LogP contribution in [0.5, 0.6) is 5.75 Å². The summed E-state index contributed by atoms with van der Waals surface area (Å²) in [4.78, 5) is 3.43. The number of hydrogen-bond acceptors (Lipinski definition) is 1. The van der Waals surface area contributed by atoms with Crippen molar-refractivity contribution in [1.29, 1.82) is 0 Å². The van der Waals surface area contributed by atoms with Crippen LogP contribution in [0.2, 0.25) is 0 Å². The third kappa shape index (κ3) is 2.17. The number of phenols is 1. The van der Waals surface area contributed by atoms with E-state index in [9.17, 15) is 9.50 Å². The van der Waals surface area contributed by atoms with Gasteiger partial charge in [0, 0.05) is 22.7 Å². The van der Waals surface area contributed by atoms with Gasteiger partial charge < -0.3 is 10.1 Å². The van der Waals surface area contributed by atoms with Crippen LogP contribution in [0, 0.1) is 5.82 Å². The smallest absolute Gasteiger partial charge is 0.126 e. The van der Waals surface area contributed by atoms with Gasteiger partial charge in [-0.1, -0.05) is 18.2 Å². The molecule has 3 heteroatoms. The van der Waals surface area contributed by atoms with Gasteiger partial charge in [0.05, 0.1) is 0 Å². The van der Waals surface area contributed by atoms with Crippen LogP contribution in [0.1, 0.15) is 35.6 Å². The first kappa shape index (κ1) is 13.4. The van der Waals surface area contributed by atoms with E-state index in [1.165, 1.54) is 17.3 Å². The maximum atomic E-state index is 14.0. The molecule has 1 aliphatic carbocycles. The van der Waals surface area contributed by atoms with Crippen molar-refractivity contribution in [3.8, 4) is 5.75 Å². The summed E-state index contributed by atoms with van der Waals surface area (Å²) in [5, 5.41) is 10.8. The maximum absolute atomic E-state index is 14.0. The number of aromatic hydroxyl groups is 1. The molecule has 1 aromatic heterocycles. The fourth-order valence-electron chi connectivity index (χ4n) is 3.73. The van der Waals surface area contributed by atoms with Gasteiger partial charge in [0.2, 0.25) is 0 Å². The highest BCUT2D eigenvalue weighted by Gasteiger charge is 2.25. The number of nitrogens with one attached hydrogen (secondary N) is 1. The Labute approximate surface area is 128 Å². The second-order valence-electron chi connectivity index (χ2n) is 6.13. The monoisotopic (exact) mass is 295 g/mol. The molecule has 0 fully saturated rings. The molecule has 22 heavy (non-hydrogen) atoms. The molecular formula is C19H18FNO. The number of rotatable bonds is 2. The van der Waals surface area contributed by atoms with Gasteiger partial charge in [-0.25, -0.2) is 4.39 Å². The van der Waals surface area contributed by atoms with Crippen molar-refractivity contribution < 1.29 is 9.50 Å². The zero-order chi connectivity index (χ0) is 15.1. The Kier molecular flexibility index (Phi) is 3.14. The van der Waals surface area contributed by atoms with Gasteiger partial charge in [0.15, 0.2) is 0 Å². The van der Waals surface area contributed by atoms with E-state index in [-0.39, 0.29) is 11.6 Å². The fraction of sp³-hybridized carbons (Fsp3) is 0.263. The van der Waals surface area contributed by atoms with Gasteiger partial charge in [-0.15, -0.1) is 0 Å². The second-order valence-corrected chi connectivity index (χ2v) is 6.13. The quantitative estimate of drug-likeness (QED) is 0.708. The van der Waals surface area contributed by atoms with Crippen molar-refractivity contribution in [3.05, 3.63) is 65.1 Å². The van der Waals surface area contributed by atoms with Crippen LogP contribution in [0.4, 0.5) is 4.39 Å². The minimum atomic E-state index is -0.118. The molecule has 2 nitrogen and oxygen atoms in total. The predicted octanol–water partition coefficient (Wildman–Crippen LogP) is 4.68. The summed E-state index contributed by atoms with van der Waals surface area (Å²) >= 11 is 0. The van der Waals surface area contributed by atoms with Gasteiger partial charge in [-0.2, -0.15) is 0 Å². The SMILES string of the molecule is Oc1ccc2c3c([nH]c2c1)CCCC3Cc1ccccc1F. The first-order valence-corrected chi connectivity index (χ1v) is 7.79. The van der Waals surface area contributed by atoms with Crippen molar-refractivity contribution in [1.82, 2.24) is 4.98 Å². The van der Waals surface area contributed by atoms with E-state index in [0.717, 1.165) is 42.1 Å². The Morgan fingerprint density at radius 1 is 1.18 bits per heavy atom. The Bertz CT molecular complexity index is 837. The third-order valence-electron chi connectivity index (χ3n) is 4.72. The highest BCUT2D eigenvalue weighted by atomic mass is 19.1. The first-order valence-electron chi connectivity index (χ1n) is 7.79. The predicted molar refractivity (Wildman–Crippen MR) is 85.7 cm³/mol. The van der Waals surface area contributed by atoms with Crippen molar-refractivity contribution in [2.75, 3.05) is 0 Å². The summed E-state index contributed by atoms with van der Waals surface area (Å²) in [6.07, 6.45) is 3.95. The number of aryl methyl sites for hydroxylation is 1. The van der Waals surface area contributed by atoms with Crippen molar-refractivity contribution in [2.45, 2.75) is 31.6 Å². The summed E-state index contributed by atoms with van der Waals surface area (Å²) in [6.45, 7) is 0.